The average molecular weight is 340 g/mol. The third-order valence-corrected chi connectivity index (χ3v) is 4.60. The molecule has 7 heteroatoms. The SMILES string of the molecule is Cc1nc(Nc2nc3ccc(N4CCN(C)CC4)cc3[nH]2)ccc1F. The Balaban J connectivity index is 1.56. The lowest BCUT2D eigenvalue weighted by Gasteiger charge is -2.34. The maximum absolute atomic E-state index is 13.3. The highest BCUT2D eigenvalue weighted by molar-refractivity contribution is 5.82. The van der Waals surface area contributed by atoms with Crippen LogP contribution in [0.4, 0.5) is 21.8 Å². The number of rotatable bonds is 3. The number of likely N-dealkylation sites (N-methyl/N-ethyl adjacent to an activating group) is 1. The molecule has 0 amide bonds. The molecule has 0 atom stereocenters. The second-order valence-electron chi connectivity index (χ2n) is 6.47. The molecule has 0 aliphatic carbocycles. The van der Waals surface area contributed by atoms with Crippen LogP contribution in [0.3, 0.4) is 0 Å². The maximum atomic E-state index is 13.3. The van der Waals surface area contributed by atoms with Crippen molar-refractivity contribution in [3.8, 4) is 0 Å². The Kier molecular flexibility index (Phi) is 4.01. The number of hydrogen-bond acceptors (Lipinski definition) is 5. The molecule has 4 rings (SSSR count). The molecule has 1 aromatic carbocycles. The molecular formula is C18H21FN6. The minimum Gasteiger partial charge on any atom is -0.369 e. The predicted molar refractivity (Wildman–Crippen MR) is 98.0 cm³/mol. The van der Waals surface area contributed by atoms with E-state index in [1.807, 2.05) is 6.07 Å². The molecule has 0 radical (unpaired) electrons. The van der Waals surface area contributed by atoms with Crippen LogP contribution in [0.1, 0.15) is 5.69 Å². The fraction of sp³-hybridized carbons (Fsp3) is 0.333. The van der Waals surface area contributed by atoms with Crippen molar-refractivity contribution in [3.05, 3.63) is 41.8 Å². The average Bonchev–Trinajstić information content (AvgIpc) is 3.00. The van der Waals surface area contributed by atoms with E-state index in [-0.39, 0.29) is 5.82 Å². The number of hydrogen-bond donors (Lipinski definition) is 2. The number of pyridine rings is 1. The van der Waals surface area contributed by atoms with Gasteiger partial charge in [0.2, 0.25) is 5.95 Å². The van der Waals surface area contributed by atoms with Crippen molar-refractivity contribution in [2.75, 3.05) is 43.4 Å². The Hall–Kier alpha value is -2.67. The maximum Gasteiger partial charge on any atom is 0.206 e. The molecule has 3 heterocycles. The fourth-order valence-corrected chi connectivity index (χ4v) is 3.05. The van der Waals surface area contributed by atoms with Gasteiger partial charge in [-0.1, -0.05) is 0 Å². The Morgan fingerprint density at radius 1 is 1.08 bits per heavy atom. The van der Waals surface area contributed by atoms with Gasteiger partial charge in [-0.05, 0) is 44.3 Å². The quantitative estimate of drug-likeness (QED) is 0.768. The van der Waals surface area contributed by atoms with Gasteiger partial charge in [0.25, 0.3) is 0 Å². The summed E-state index contributed by atoms with van der Waals surface area (Å²) in [6.45, 7) is 5.84. The molecule has 2 N–H and O–H groups in total. The molecule has 130 valence electrons. The Morgan fingerprint density at radius 3 is 2.64 bits per heavy atom. The molecule has 1 aliphatic heterocycles. The Bertz CT molecular complexity index is 898. The van der Waals surface area contributed by atoms with E-state index >= 15 is 0 Å². The number of benzene rings is 1. The van der Waals surface area contributed by atoms with Gasteiger partial charge in [0, 0.05) is 31.9 Å². The molecule has 2 aromatic heterocycles. The molecule has 25 heavy (non-hydrogen) atoms. The largest absolute Gasteiger partial charge is 0.369 e. The summed E-state index contributed by atoms with van der Waals surface area (Å²) >= 11 is 0. The lowest BCUT2D eigenvalue weighted by atomic mass is 10.2. The number of aromatic amines is 1. The van der Waals surface area contributed by atoms with Crippen LogP contribution in [-0.4, -0.2) is 53.1 Å². The predicted octanol–water partition coefficient (Wildman–Crippen LogP) is 2.90. The van der Waals surface area contributed by atoms with Crippen LogP contribution in [0.25, 0.3) is 11.0 Å². The highest BCUT2D eigenvalue weighted by atomic mass is 19.1. The lowest BCUT2D eigenvalue weighted by molar-refractivity contribution is 0.313. The van der Waals surface area contributed by atoms with Gasteiger partial charge in [-0.3, -0.25) is 0 Å². The number of imidazole rings is 1. The van der Waals surface area contributed by atoms with E-state index in [0.29, 0.717) is 17.5 Å². The molecule has 3 aromatic rings. The second kappa shape index (κ2) is 6.33. The minimum atomic E-state index is -0.313. The molecule has 0 bridgehead atoms. The number of H-pyrrole nitrogens is 1. The first kappa shape index (κ1) is 15.8. The molecule has 6 nitrogen and oxygen atoms in total. The summed E-state index contributed by atoms with van der Waals surface area (Å²) in [4.78, 5) is 16.7. The third kappa shape index (κ3) is 3.28. The van der Waals surface area contributed by atoms with Crippen molar-refractivity contribution in [2.24, 2.45) is 0 Å². The summed E-state index contributed by atoms with van der Waals surface area (Å²) in [5.41, 5.74) is 3.42. The minimum absolute atomic E-state index is 0.313. The molecular weight excluding hydrogens is 319 g/mol. The molecule has 1 aliphatic rings. The number of aromatic nitrogens is 3. The van der Waals surface area contributed by atoms with Crippen molar-refractivity contribution in [2.45, 2.75) is 6.92 Å². The fourth-order valence-electron chi connectivity index (χ4n) is 3.05. The number of aryl methyl sites for hydroxylation is 1. The highest BCUT2D eigenvalue weighted by Crippen LogP contribution is 2.24. The van der Waals surface area contributed by atoms with Crippen LogP contribution < -0.4 is 10.2 Å². The molecule has 1 saturated heterocycles. The van der Waals surface area contributed by atoms with Gasteiger partial charge in [-0.15, -0.1) is 0 Å². The zero-order valence-electron chi connectivity index (χ0n) is 14.4. The molecule has 1 fully saturated rings. The van der Waals surface area contributed by atoms with E-state index in [4.69, 9.17) is 0 Å². The first-order valence-electron chi connectivity index (χ1n) is 8.42. The van der Waals surface area contributed by atoms with Gasteiger partial charge in [-0.2, -0.15) is 0 Å². The zero-order valence-corrected chi connectivity index (χ0v) is 14.4. The molecule has 0 unspecified atom stereocenters. The van der Waals surface area contributed by atoms with Gasteiger partial charge < -0.3 is 20.1 Å². The van der Waals surface area contributed by atoms with Crippen LogP contribution in [0.2, 0.25) is 0 Å². The van der Waals surface area contributed by atoms with Crippen molar-refractivity contribution in [3.63, 3.8) is 0 Å². The van der Waals surface area contributed by atoms with Gasteiger partial charge in [0.15, 0.2) is 0 Å². The topological polar surface area (TPSA) is 60.1 Å². The van der Waals surface area contributed by atoms with E-state index < -0.39 is 0 Å². The van der Waals surface area contributed by atoms with Gasteiger partial charge in [0.1, 0.15) is 11.6 Å². The molecule has 0 saturated carbocycles. The Morgan fingerprint density at radius 2 is 1.88 bits per heavy atom. The summed E-state index contributed by atoms with van der Waals surface area (Å²) in [7, 11) is 2.15. The number of nitrogens with zero attached hydrogens (tertiary/aromatic N) is 4. The summed E-state index contributed by atoms with van der Waals surface area (Å²) in [6, 6.07) is 9.26. The Labute approximate surface area is 145 Å². The summed E-state index contributed by atoms with van der Waals surface area (Å²) in [5.74, 6) is 0.855. The highest BCUT2D eigenvalue weighted by Gasteiger charge is 2.15. The van der Waals surface area contributed by atoms with E-state index in [1.165, 1.54) is 11.8 Å². The number of piperazine rings is 1. The number of nitrogens with one attached hydrogen (secondary N) is 2. The smallest absolute Gasteiger partial charge is 0.206 e. The van der Waals surface area contributed by atoms with Crippen LogP contribution >= 0.6 is 0 Å². The standard InChI is InChI=1S/C18H21FN6/c1-12-14(19)4-6-17(20-12)23-18-21-15-5-3-13(11-16(15)22-18)25-9-7-24(2)8-10-25/h3-6,11H,7-10H2,1-2H3,(H2,20,21,22,23). The van der Waals surface area contributed by atoms with Crippen LogP contribution in [-0.2, 0) is 0 Å². The van der Waals surface area contributed by atoms with E-state index in [0.717, 1.165) is 37.2 Å². The zero-order chi connectivity index (χ0) is 17.4. The summed E-state index contributed by atoms with van der Waals surface area (Å²) < 4.78 is 13.3. The van der Waals surface area contributed by atoms with Gasteiger partial charge >= 0.3 is 0 Å². The first-order valence-corrected chi connectivity index (χ1v) is 8.42. The summed E-state index contributed by atoms with van der Waals surface area (Å²) in [6.07, 6.45) is 0. The lowest BCUT2D eigenvalue weighted by Crippen LogP contribution is -2.44. The summed E-state index contributed by atoms with van der Waals surface area (Å²) in [5, 5.41) is 3.10. The van der Waals surface area contributed by atoms with E-state index in [2.05, 4.69) is 49.2 Å². The van der Waals surface area contributed by atoms with Crippen LogP contribution in [0.5, 0.6) is 0 Å². The number of fused-ring (bicyclic) bond motifs is 1. The van der Waals surface area contributed by atoms with Crippen molar-refractivity contribution in [1.29, 1.82) is 0 Å². The van der Waals surface area contributed by atoms with E-state index in [1.54, 1.807) is 13.0 Å². The number of halogens is 1. The van der Waals surface area contributed by atoms with Crippen molar-refractivity contribution >= 4 is 28.5 Å². The van der Waals surface area contributed by atoms with Crippen molar-refractivity contribution in [1.82, 2.24) is 19.9 Å². The second-order valence-corrected chi connectivity index (χ2v) is 6.47. The monoisotopic (exact) mass is 340 g/mol. The number of anilines is 3. The van der Waals surface area contributed by atoms with Crippen LogP contribution in [0.15, 0.2) is 30.3 Å². The first-order chi connectivity index (χ1) is 12.1. The normalized spacial score (nSPS) is 15.7. The van der Waals surface area contributed by atoms with Crippen LogP contribution in [0, 0.1) is 12.7 Å². The van der Waals surface area contributed by atoms with Crippen molar-refractivity contribution < 1.29 is 4.39 Å². The van der Waals surface area contributed by atoms with Gasteiger partial charge in [-0.25, -0.2) is 14.4 Å². The van der Waals surface area contributed by atoms with Gasteiger partial charge in [0.05, 0.1) is 16.7 Å². The van der Waals surface area contributed by atoms with E-state index in [9.17, 15) is 4.39 Å². The third-order valence-electron chi connectivity index (χ3n) is 4.60. The molecule has 0 spiro atoms.